The van der Waals surface area contributed by atoms with Crippen molar-refractivity contribution in [3.63, 3.8) is 0 Å². The summed E-state index contributed by atoms with van der Waals surface area (Å²) in [4.78, 5) is 24.7. The van der Waals surface area contributed by atoms with E-state index in [4.69, 9.17) is 0 Å². The van der Waals surface area contributed by atoms with Gasteiger partial charge in [0.1, 0.15) is 0 Å². The molecule has 1 aromatic heterocycles. The highest BCUT2D eigenvalue weighted by molar-refractivity contribution is 5.93. The normalized spacial score (nSPS) is 14.3. The fourth-order valence-electron chi connectivity index (χ4n) is 3.60. The summed E-state index contributed by atoms with van der Waals surface area (Å²) in [5.74, 6) is -0.647. The van der Waals surface area contributed by atoms with Crippen molar-refractivity contribution >= 4 is 23.1 Å². The molecule has 1 fully saturated rings. The number of hydrogen-bond donors (Lipinski definition) is 1. The number of anilines is 2. The Morgan fingerprint density at radius 3 is 2.45 bits per heavy atom. The van der Waals surface area contributed by atoms with Gasteiger partial charge >= 0.3 is 5.69 Å². The third-order valence-electron chi connectivity index (χ3n) is 5.32. The highest BCUT2D eigenvalue weighted by Crippen LogP contribution is 2.26. The van der Waals surface area contributed by atoms with Gasteiger partial charge in [-0.1, -0.05) is 30.3 Å². The van der Waals surface area contributed by atoms with Gasteiger partial charge in [-0.2, -0.15) is 4.39 Å². The van der Waals surface area contributed by atoms with Crippen molar-refractivity contribution in [2.75, 3.05) is 23.3 Å². The smallest absolute Gasteiger partial charge is 0.306 e. The summed E-state index contributed by atoms with van der Waals surface area (Å²) in [7, 11) is 0. The molecule has 0 radical (unpaired) electrons. The Morgan fingerprint density at radius 2 is 1.81 bits per heavy atom. The Balaban J connectivity index is 1.35. The largest absolute Gasteiger partial charge is 0.355 e. The molecule has 2 heterocycles. The summed E-state index contributed by atoms with van der Waals surface area (Å²) in [6.07, 6.45) is 1.22. The zero-order valence-corrected chi connectivity index (χ0v) is 16.6. The molecule has 4 rings (SSSR count). The molecule has 158 valence electrons. The minimum Gasteiger partial charge on any atom is -0.355 e. The third-order valence-corrected chi connectivity index (χ3v) is 5.32. The van der Waals surface area contributed by atoms with Gasteiger partial charge < -0.3 is 10.2 Å². The average molecular weight is 421 g/mol. The van der Waals surface area contributed by atoms with E-state index in [1.165, 1.54) is 6.07 Å². The maximum Gasteiger partial charge on any atom is 0.306 e. The number of halogens is 1. The van der Waals surface area contributed by atoms with Crippen molar-refractivity contribution in [2.24, 2.45) is 5.92 Å². The van der Waals surface area contributed by atoms with E-state index in [0.717, 1.165) is 29.2 Å². The molecule has 1 N–H and O–H groups in total. The van der Waals surface area contributed by atoms with Gasteiger partial charge in [0.2, 0.25) is 11.7 Å². The zero-order chi connectivity index (χ0) is 21.8. The minimum atomic E-state index is -0.935. The molecule has 0 saturated carbocycles. The second kappa shape index (κ2) is 8.86. The van der Waals surface area contributed by atoms with Crippen LogP contribution in [0.25, 0.3) is 11.3 Å². The molecule has 2 aromatic carbocycles. The van der Waals surface area contributed by atoms with Crippen molar-refractivity contribution in [3.05, 3.63) is 76.6 Å². The maximum atomic E-state index is 13.5. The summed E-state index contributed by atoms with van der Waals surface area (Å²) in [6.45, 7) is 1.28. The van der Waals surface area contributed by atoms with Gasteiger partial charge in [0.15, 0.2) is 5.82 Å². The highest BCUT2D eigenvalue weighted by Gasteiger charge is 2.26. The number of amides is 1. The molecule has 0 spiro atoms. The lowest BCUT2D eigenvalue weighted by Crippen LogP contribution is -2.38. The number of carbonyl (C=O) groups excluding carboxylic acids is 1. The van der Waals surface area contributed by atoms with Gasteiger partial charge in [-0.15, -0.1) is 10.2 Å². The van der Waals surface area contributed by atoms with Crippen molar-refractivity contribution in [1.82, 2.24) is 10.2 Å². The Kier molecular flexibility index (Phi) is 5.83. The van der Waals surface area contributed by atoms with Crippen LogP contribution in [0.2, 0.25) is 0 Å². The van der Waals surface area contributed by atoms with E-state index in [2.05, 4.69) is 20.4 Å². The van der Waals surface area contributed by atoms with Crippen molar-refractivity contribution < 1.29 is 14.1 Å². The van der Waals surface area contributed by atoms with Crippen LogP contribution in [0, 0.1) is 21.8 Å². The molecule has 0 atom stereocenters. The fraction of sp³-hybridized carbons (Fsp3) is 0.227. The molecule has 1 amide bonds. The molecule has 0 bridgehead atoms. The van der Waals surface area contributed by atoms with Crippen molar-refractivity contribution in [3.8, 4) is 11.3 Å². The van der Waals surface area contributed by atoms with E-state index in [0.29, 0.717) is 25.9 Å². The molecule has 1 saturated heterocycles. The summed E-state index contributed by atoms with van der Waals surface area (Å²) in [6, 6.07) is 17.0. The fourth-order valence-corrected chi connectivity index (χ4v) is 3.60. The van der Waals surface area contributed by atoms with Crippen molar-refractivity contribution in [2.45, 2.75) is 12.8 Å². The van der Waals surface area contributed by atoms with Gasteiger partial charge in [-0.3, -0.25) is 14.9 Å². The van der Waals surface area contributed by atoms with Crippen LogP contribution >= 0.6 is 0 Å². The van der Waals surface area contributed by atoms with Crippen LogP contribution in [0.5, 0.6) is 0 Å². The van der Waals surface area contributed by atoms with Crippen LogP contribution in [0.1, 0.15) is 12.8 Å². The number of nitrogens with zero attached hydrogens (tertiary/aromatic N) is 4. The monoisotopic (exact) mass is 421 g/mol. The first-order valence-electron chi connectivity index (χ1n) is 9.90. The van der Waals surface area contributed by atoms with Gasteiger partial charge in [0, 0.05) is 36.3 Å². The standard InChI is InChI=1S/C22H20FN5O3/c23-18-7-6-17(14-20(18)28(30)31)24-22(29)16-10-12-27(13-11-16)21-9-8-19(25-26-21)15-4-2-1-3-5-15/h1-9,14,16H,10-13H2,(H,24,29). The quantitative estimate of drug-likeness (QED) is 0.493. The number of rotatable bonds is 5. The second-order valence-electron chi connectivity index (χ2n) is 7.32. The van der Waals surface area contributed by atoms with Crippen LogP contribution in [-0.2, 0) is 4.79 Å². The molecule has 0 unspecified atom stereocenters. The molecule has 9 heteroatoms. The van der Waals surface area contributed by atoms with E-state index < -0.39 is 16.4 Å². The molecular weight excluding hydrogens is 401 g/mol. The van der Waals surface area contributed by atoms with Crippen LogP contribution in [0.4, 0.5) is 21.6 Å². The Bertz CT molecular complexity index is 1080. The number of aromatic nitrogens is 2. The molecule has 0 aliphatic carbocycles. The molecule has 1 aliphatic heterocycles. The first-order valence-corrected chi connectivity index (χ1v) is 9.90. The summed E-state index contributed by atoms with van der Waals surface area (Å²) in [5, 5.41) is 22.2. The van der Waals surface area contributed by atoms with E-state index in [9.17, 15) is 19.3 Å². The second-order valence-corrected chi connectivity index (χ2v) is 7.32. The molecule has 1 aliphatic rings. The van der Waals surface area contributed by atoms with E-state index in [-0.39, 0.29) is 17.5 Å². The van der Waals surface area contributed by atoms with E-state index in [1.807, 2.05) is 42.5 Å². The lowest BCUT2D eigenvalue weighted by molar-refractivity contribution is -0.387. The summed E-state index contributed by atoms with van der Waals surface area (Å²) in [5.41, 5.74) is 1.35. The Hall–Kier alpha value is -3.88. The number of nitro groups is 1. The topological polar surface area (TPSA) is 101 Å². The number of nitrogens with one attached hydrogen (secondary N) is 1. The number of carbonyl (C=O) groups is 1. The minimum absolute atomic E-state index is 0.211. The van der Waals surface area contributed by atoms with Gasteiger partial charge in [0.05, 0.1) is 10.6 Å². The zero-order valence-electron chi connectivity index (χ0n) is 16.6. The first kappa shape index (κ1) is 20.4. The summed E-state index contributed by atoms with van der Waals surface area (Å²) >= 11 is 0. The van der Waals surface area contributed by atoms with Gasteiger partial charge in [0.25, 0.3) is 0 Å². The van der Waals surface area contributed by atoms with E-state index in [1.54, 1.807) is 0 Å². The maximum absolute atomic E-state index is 13.5. The lowest BCUT2D eigenvalue weighted by Gasteiger charge is -2.31. The Morgan fingerprint density at radius 1 is 1.06 bits per heavy atom. The SMILES string of the molecule is O=C(Nc1ccc(F)c([N+](=O)[O-])c1)C1CCN(c2ccc(-c3ccccc3)nn2)CC1. The van der Waals surface area contributed by atoms with Crippen LogP contribution in [0.15, 0.2) is 60.7 Å². The summed E-state index contributed by atoms with van der Waals surface area (Å²) < 4.78 is 13.5. The first-order chi connectivity index (χ1) is 15.0. The van der Waals surface area contributed by atoms with Crippen LogP contribution in [0.3, 0.4) is 0 Å². The van der Waals surface area contributed by atoms with E-state index >= 15 is 0 Å². The lowest BCUT2D eigenvalue weighted by atomic mass is 9.95. The molecule has 3 aromatic rings. The number of nitro benzene ring substituents is 1. The predicted octanol–water partition coefficient (Wildman–Crippen LogP) is 4.05. The van der Waals surface area contributed by atoms with Crippen molar-refractivity contribution in [1.29, 1.82) is 0 Å². The van der Waals surface area contributed by atoms with Gasteiger partial charge in [-0.25, -0.2) is 0 Å². The number of hydrogen-bond acceptors (Lipinski definition) is 6. The third kappa shape index (κ3) is 4.66. The number of piperidine rings is 1. The van der Waals surface area contributed by atoms with Crippen LogP contribution < -0.4 is 10.2 Å². The van der Waals surface area contributed by atoms with Gasteiger partial charge in [-0.05, 0) is 37.1 Å². The molecule has 8 nitrogen and oxygen atoms in total. The number of benzene rings is 2. The predicted molar refractivity (Wildman–Crippen MR) is 114 cm³/mol. The average Bonchev–Trinajstić information content (AvgIpc) is 2.81. The highest BCUT2D eigenvalue weighted by atomic mass is 19.1. The molecule has 31 heavy (non-hydrogen) atoms. The Labute approximate surface area is 177 Å². The van der Waals surface area contributed by atoms with Crippen LogP contribution in [-0.4, -0.2) is 34.1 Å². The molecular formula is C22H20FN5O3.